The van der Waals surface area contributed by atoms with E-state index in [1.165, 1.54) is 0 Å². The lowest BCUT2D eigenvalue weighted by Gasteiger charge is -2.07. The molecule has 0 saturated carbocycles. The van der Waals surface area contributed by atoms with Gasteiger partial charge in [-0.25, -0.2) is 4.98 Å². The molecule has 0 bridgehead atoms. The fraction of sp³-hybridized carbons (Fsp3) is 0.500. The van der Waals surface area contributed by atoms with Crippen LogP contribution in [0.1, 0.15) is 18.2 Å². The summed E-state index contributed by atoms with van der Waals surface area (Å²) in [6.45, 7) is 3.68. The van der Waals surface area contributed by atoms with E-state index in [2.05, 4.69) is 4.98 Å². The molecule has 0 aromatic carbocycles. The van der Waals surface area contributed by atoms with Gasteiger partial charge in [0.1, 0.15) is 0 Å². The molecule has 0 aliphatic heterocycles. The van der Waals surface area contributed by atoms with Crippen molar-refractivity contribution in [3.63, 3.8) is 0 Å². The fourth-order valence-corrected chi connectivity index (χ4v) is 1.27. The van der Waals surface area contributed by atoms with E-state index in [0.717, 1.165) is 11.3 Å². The zero-order chi connectivity index (χ0) is 9.84. The predicted octanol–water partition coefficient (Wildman–Crippen LogP) is 1.32. The quantitative estimate of drug-likeness (QED) is 0.764. The molecule has 1 aromatic heterocycles. The highest BCUT2D eigenvalue weighted by Crippen LogP contribution is 2.13. The van der Waals surface area contributed by atoms with Gasteiger partial charge in [-0.3, -0.25) is 0 Å². The number of nitrogens with zero attached hydrogens (tertiary/aromatic N) is 1. The molecule has 1 rings (SSSR count). The van der Waals surface area contributed by atoms with Crippen molar-refractivity contribution in [2.24, 2.45) is 0 Å². The van der Waals surface area contributed by atoms with Crippen molar-refractivity contribution in [1.29, 1.82) is 0 Å². The number of pyridine rings is 1. The number of hydrogen-bond acceptors (Lipinski definition) is 3. The van der Waals surface area contributed by atoms with Crippen LogP contribution >= 0.6 is 0 Å². The van der Waals surface area contributed by atoms with Crippen LogP contribution in [0, 0.1) is 6.92 Å². The summed E-state index contributed by atoms with van der Waals surface area (Å²) < 4.78 is 5.02. The van der Waals surface area contributed by atoms with Crippen molar-refractivity contribution in [3.05, 3.63) is 23.4 Å². The number of hydrogen-bond donors (Lipinski definition) is 1. The highest BCUT2D eigenvalue weighted by Gasteiger charge is 2.02. The zero-order valence-electron chi connectivity index (χ0n) is 8.24. The first kappa shape index (κ1) is 9.99. The second kappa shape index (κ2) is 4.23. The van der Waals surface area contributed by atoms with E-state index in [1.807, 2.05) is 19.1 Å². The minimum absolute atomic E-state index is 0.327. The van der Waals surface area contributed by atoms with Crippen LogP contribution in [0.5, 0.6) is 5.88 Å². The van der Waals surface area contributed by atoms with Gasteiger partial charge in [0, 0.05) is 11.8 Å². The maximum Gasteiger partial charge on any atom is 0.213 e. The number of aliphatic hydroxyl groups excluding tert-OH is 1. The highest BCUT2D eigenvalue weighted by molar-refractivity contribution is 5.25. The van der Waals surface area contributed by atoms with Gasteiger partial charge >= 0.3 is 0 Å². The van der Waals surface area contributed by atoms with Crippen molar-refractivity contribution in [3.8, 4) is 5.88 Å². The SMILES string of the molecule is COc1cc(CC(C)O)cc(C)n1. The van der Waals surface area contributed by atoms with Crippen LogP contribution in [0.4, 0.5) is 0 Å². The lowest BCUT2D eigenvalue weighted by Crippen LogP contribution is -2.05. The second-order valence-corrected chi connectivity index (χ2v) is 3.21. The first-order valence-electron chi connectivity index (χ1n) is 4.31. The van der Waals surface area contributed by atoms with Crippen LogP contribution in [0.25, 0.3) is 0 Å². The van der Waals surface area contributed by atoms with Gasteiger partial charge in [-0.2, -0.15) is 0 Å². The van der Waals surface area contributed by atoms with E-state index in [1.54, 1.807) is 14.0 Å². The van der Waals surface area contributed by atoms with Crippen molar-refractivity contribution >= 4 is 0 Å². The summed E-state index contributed by atoms with van der Waals surface area (Å²) in [7, 11) is 1.59. The highest BCUT2D eigenvalue weighted by atomic mass is 16.5. The molecule has 13 heavy (non-hydrogen) atoms. The van der Waals surface area contributed by atoms with Gasteiger partial charge in [0.05, 0.1) is 13.2 Å². The summed E-state index contributed by atoms with van der Waals surface area (Å²) in [4.78, 5) is 4.16. The van der Waals surface area contributed by atoms with Crippen LogP contribution in [0.2, 0.25) is 0 Å². The molecule has 1 unspecified atom stereocenters. The molecule has 1 atom stereocenters. The summed E-state index contributed by atoms with van der Waals surface area (Å²) in [6.07, 6.45) is 0.311. The zero-order valence-corrected chi connectivity index (χ0v) is 8.24. The van der Waals surface area contributed by atoms with Gasteiger partial charge in [-0.1, -0.05) is 0 Å². The second-order valence-electron chi connectivity index (χ2n) is 3.21. The number of methoxy groups -OCH3 is 1. The minimum Gasteiger partial charge on any atom is -0.481 e. The average Bonchev–Trinajstić information content (AvgIpc) is 2.01. The summed E-state index contributed by atoms with van der Waals surface area (Å²) in [5.74, 6) is 0.607. The minimum atomic E-state index is -0.327. The Hall–Kier alpha value is -1.09. The molecule has 3 nitrogen and oxygen atoms in total. The van der Waals surface area contributed by atoms with Crippen molar-refractivity contribution in [2.45, 2.75) is 26.4 Å². The smallest absolute Gasteiger partial charge is 0.213 e. The molecule has 1 aromatic rings. The van der Waals surface area contributed by atoms with Gasteiger partial charge in [0.2, 0.25) is 5.88 Å². The Morgan fingerprint density at radius 1 is 1.54 bits per heavy atom. The third-order valence-corrected chi connectivity index (χ3v) is 1.73. The molecular formula is C10H15NO2. The predicted molar refractivity (Wildman–Crippen MR) is 50.9 cm³/mol. The lowest BCUT2D eigenvalue weighted by molar-refractivity contribution is 0.195. The van der Waals surface area contributed by atoms with Crippen LogP contribution in [-0.4, -0.2) is 23.3 Å². The van der Waals surface area contributed by atoms with Crippen LogP contribution in [-0.2, 0) is 6.42 Å². The first-order valence-corrected chi connectivity index (χ1v) is 4.31. The van der Waals surface area contributed by atoms with Gasteiger partial charge < -0.3 is 9.84 Å². The van der Waals surface area contributed by atoms with E-state index >= 15 is 0 Å². The van der Waals surface area contributed by atoms with Gasteiger partial charge in [0.25, 0.3) is 0 Å². The Kier molecular flexibility index (Phi) is 3.25. The van der Waals surface area contributed by atoms with E-state index in [4.69, 9.17) is 4.74 Å². The fourth-order valence-electron chi connectivity index (χ4n) is 1.27. The maximum atomic E-state index is 9.20. The largest absolute Gasteiger partial charge is 0.481 e. The maximum absolute atomic E-state index is 9.20. The molecule has 72 valence electrons. The molecule has 0 radical (unpaired) electrons. The van der Waals surface area contributed by atoms with Crippen LogP contribution < -0.4 is 4.74 Å². The number of aliphatic hydroxyl groups is 1. The molecule has 0 amide bonds. The summed E-state index contributed by atoms with van der Waals surface area (Å²) in [5, 5.41) is 9.20. The Labute approximate surface area is 78.4 Å². The topological polar surface area (TPSA) is 42.4 Å². The number of aryl methyl sites for hydroxylation is 1. The van der Waals surface area contributed by atoms with Crippen molar-refractivity contribution in [1.82, 2.24) is 4.98 Å². The third kappa shape index (κ3) is 3.03. The van der Waals surface area contributed by atoms with Crippen LogP contribution in [0.15, 0.2) is 12.1 Å². The summed E-state index contributed by atoms with van der Waals surface area (Å²) in [5.41, 5.74) is 1.97. The molecule has 1 N–H and O–H groups in total. The molecule has 0 aliphatic carbocycles. The Balaban J connectivity index is 2.88. The molecule has 3 heteroatoms. The molecule has 0 aliphatic rings. The molecule has 0 spiro atoms. The lowest BCUT2D eigenvalue weighted by atomic mass is 10.1. The van der Waals surface area contributed by atoms with Gasteiger partial charge in [0.15, 0.2) is 0 Å². The van der Waals surface area contributed by atoms with E-state index in [0.29, 0.717) is 12.3 Å². The van der Waals surface area contributed by atoms with Crippen molar-refractivity contribution < 1.29 is 9.84 Å². The monoisotopic (exact) mass is 181 g/mol. The number of aromatic nitrogens is 1. The molecule has 1 heterocycles. The third-order valence-electron chi connectivity index (χ3n) is 1.73. The van der Waals surface area contributed by atoms with Gasteiger partial charge in [-0.15, -0.1) is 0 Å². The number of ether oxygens (including phenoxy) is 1. The Morgan fingerprint density at radius 2 is 2.23 bits per heavy atom. The average molecular weight is 181 g/mol. The van der Waals surface area contributed by atoms with E-state index < -0.39 is 0 Å². The van der Waals surface area contributed by atoms with E-state index in [9.17, 15) is 5.11 Å². The van der Waals surface area contributed by atoms with Crippen LogP contribution in [0.3, 0.4) is 0 Å². The molecular weight excluding hydrogens is 166 g/mol. The Bertz CT molecular complexity index is 284. The van der Waals surface area contributed by atoms with E-state index in [-0.39, 0.29) is 6.10 Å². The van der Waals surface area contributed by atoms with Crippen molar-refractivity contribution in [2.75, 3.05) is 7.11 Å². The first-order chi connectivity index (χ1) is 6.11. The number of rotatable bonds is 3. The normalized spacial score (nSPS) is 12.6. The molecule has 0 fully saturated rings. The standard InChI is InChI=1S/C10H15NO2/c1-7-4-9(5-8(2)12)6-10(11-7)13-3/h4,6,8,12H,5H2,1-3H3. The summed E-state index contributed by atoms with van der Waals surface area (Å²) >= 11 is 0. The summed E-state index contributed by atoms with van der Waals surface area (Å²) in [6, 6.07) is 3.80. The molecule has 0 saturated heterocycles. The van der Waals surface area contributed by atoms with Gasteiger partial charge in [-0.05, 0) is 31.9 Å². The Morgan fingerprint density at radius 3 is 2.77 bits per heavy atom.